The highest BCUT2D eigenvalue weighted by atomic mass is 32.2. The van der Waals surface area contributed by atoms with Crippen LogP contribution in [0.2, 0.25) is 0 Å². The number of hydrogen-bond acceptors (Lipinski definition) is 7. The molecule has 0 saturated heterocycles. The summed E-state index contributed by atoms with van der Waals surface area (Å²) in [5, 5.41) is 8.12. The maximum atomic E-state index is 5.87. The molecule has 8 nitrogen and oxygen atoms in total. The topological polar surface area (TPSA) is 90.7 Å². The van der Waals surface area contributed by atoms with Crippen molar-refractivity contribution in [3.63, 3.8) is 0 Å². The summed E-state index contributed by atoms with van der Waals surface area (Å²) < 4.78 is 13.9. The van der Waals surface area contributed by atoms with Gasteiger partial charge in [-0.15, -0.1) is 0 Å². The van der Waals surface area contributed by atoms with Gasteiger partial charge in [0, 0.05) is 23.2 Å². The SMILES string of the molecule is Cc1ncnc2c1nc(Sc1cc3c(cc1-c1ccn[nH]1)OCCO3)n2CCCCC(C)C. The van der Waals surface area contributed by atoms with Crippen LogP contribution in [0.5, 0.6) is 11.5 Å². The molecule has 0 radical (unpaired) electrons. The average Bonchev–Trinajstić information content (AvgIpc) is 3.45. The van der Waals surface area contributed by atoms with Crippen LogP contribution in [0.3, 0.4) is 0 Å². The van der Waals surface area contributed by atoms with E-state index < -0.39 is 0 Å². The van der Waals surface area contributed by atoms with Gasteiger partial charge in [-0.3, -0.25) is 5.10 Å². The van der Waals surface area contributed by atoms with Crippen LogP contribution in [0, 0.1) is 12.8 Å². The number of unbranched alkanes of at least 4 members (excludes halogenated alkanes) is 1. The van der Waals surface area contributed by atoms with Crippen LogP contribution in [-0.4, -0.2) is 42.9 Å². The predicted octanol–water partition coefficient (Wildman–Crippen LogP) is 5.27. The summed E-state index contributed by atoms with van der Waals surface area (Å²) in [6, 6.07) is 6.02. The second-order valence-electron chi connectivity index (χ2n) is 8.63. The summed E-state index contributed by atoms with van der Waals surface area (Å²) in [6.45, 7) is 8.48. The van der Waals surface area contributed by atoms with Crippen molar-refractivity contribution < 1.29 is 9.47 Å². The monoisotopic (exact) mass is 464 g/mol. The number of imidazole rings is 1. The Bertz CT molecular complexity index is 1250. The van der Waals surface area contributed by atoms with Crippen LogP contribution in [0.4, 0.5) is 0 Å². The molecule has 3 aromatic heterocycles. The number of nitrogens with one attached hydrogen (secondary N) is 1. The van der Waals surface area contributed by atoms with Crippen molar-refractivity contribution in [2.24, 2.45) is 5.92 Å². The Morgan fingerprint density at radius 2 is 1.94 bits per heavy atom. The van der Waals surface area contributed by atoms with Gasteiger partial charge in [0.15, 0.2) is 22.3 Å². The summed E-state index contributed by atoms with van der Waals surface area (Å²) in [5.74, 6) is 2.21. The fourth-order valence-electron chi connectivity index (χ4n) is 4.00. The Balaban J connectivity index is 1.55. The second kappa shape index (κ2) is 9.43. The molecule has 9 heteroatoms. The van der Waals surface area contributed by atoms with Crippen molar-refractivity contribution in [2.45, 2.75) is 56.6 Å². The number of aromatic nitrogens is 6. The molecule has 0 unspecified atom stereocenters. The van der Waals surface area contributed by atoms with E-state index in [2.05, 4.69) is 38.6 Å². The molecule has 1 aromatic carbocycles. The van der Waals surface area contributed by atoms with Crippen LogP contribution < -0.4 is 9.47 Å². The first-order chi connectivity index (χ1) is 16.1. The minimum absolute atomic E-state index is 0.545. The molecule has 1 N–H and O–H groups in total. The third-order valence-corrected chi connectivity index (χ3v) is 6.78. The summed E-state index contributed by atoms with van der Waals surface area (Å²) in [4.78, 5) is 14.9. The lowest BCUT2D eigenvalue weighted by molar-refractivity contribution is 0.171. The van der Waals surface area contributed by atoms with E-state index in [1.54, 1.807) is 24.3 Å². The van der Waals surface area contributed by atoms with Crippen LogP contribution in [-0.2, 0) is 6.54 Å². The van der Waals surface area contributed by atoms with E-state index in [0.29, 0.717) is 19.1 Å². The highest BCUT2D eigenvalue weighted by Crippen LogP contribution is 2.43. The molecular formula is C24H28N6O2S. The van der Waals surface area contributed by atoms with Crippen molar-refractivity contribution in [3.8, 4) is 22.8 Å². The van der Waals surface area contributed by atoms with Gasteiger partial charge in [-0.2, -0.15) is 5.10 Å². The van der Waals surface area contributed by atoms with Gasteiger partial charge in [-0.1, -0.05) is 38.5 Å². The number of fused-ring (bicyclic) bond motifs is 2. The largest absolute Gasteiger partial charge is 0.486 e. The molecule has 0 amide bonds. The van der Waals surface area contributed by atoms with Gasteiger partial charge in [0.05, 0.1) is 11.4 Å². The van der Waals surface area contributed by atoms with E-state index in [0.717, 1.165) is 62.6 Å². The number of hydrogen-bond donors (Lipinski definition) is 1. The molecule has 0 spiro atoms. The molecule has 0 bridgehead atoms. The summed E-state index contributed by atoms with van der Waals surface area (Å²) in [7, 11) is 0. The maximum absolute atomic E-state index is 5.87. The molecule has 0 aliphatic carbocycles. The zero-order chi connectivity index (χ0) is 22.8. The molecule has 1 aliphatic heterocycles. The molecule has 0 saturated carbocycles. The molecule has 172 valence electrons. The number of ether oxygens (including phenoxy) is 2. The Morgan fingerprint density at radius 3 is 2.70 bits per heavy atom. The minimum atomic E-state index is 0.545. The van der Waals surface area contributed by atoms with Gasteiger partial charge in [0.2, 0.25) is 0 Å². The lowest BCUT2D eigenvalue weighted by Crippen LogP contribution is -2.15. The standard InChI is InChI=1S/C24H28N6O2S/c1-15(2)6-4-5-9-30-23-22(16(3)25-14-26-23)28-24(30)33-21-13-20-19(31-10-11-32-20)12-17(21)18-7-8-27-29-18/h7-8,12-15H,4-6,9-11H2,1-3H3,(H,27,29). The predicted molar refractivity (Wildman–Crippen MR) is 128 cm³/mol. The van der Waals surface area contributed by atoms with Gasteiger partial charge in [-0.05, 0) is 37.5 Å². The maximum Gasteiger partial charge on any atom is 0.175 e. The third kappa shape index (κ3) is 4.55. The van der Waals surface area contributed by atoms with E-state index in [1.807, 2.05) is 25.1 Å². The smallest absolute Gasteiger partial charge is 0.175 e. The number of nitrogens with zero attached hydrogens (tertiary/aromatic N) is 5. The first-order valence-electron chi connectivity index (χ1n) is 11.4. The Hall–Kier alpha value is -3.07. The second-order valence-corrected chi connectivity index (χ2v) is 9.64. The Labute approximate surface area is 197 Å². The fraction of sp³-hybridized carbons (Fsp3) is 0.417. The highest BCUT2D eigenvalue weighted by molar-refractivity contribution is 7.99. The van der Waals surface area contributed by atoms with Crippen molar-refractivity contribution in [1.82, 2.24) is 29.7 Å². The van der Waals surface area contributed by atoms with E-state index in [4.69, 9.17) is 14.5 Å². The van der Waals surface area contributed by atoms with Gasteiger partial charge in [0.25, 0.3) is 0 Å². The Morgan fingerprint density at radius 1 is 1.12 bits per heavy atom. The van der Waals surface area contributed by atoms with Gasteiger partial charge < -0.3 is 14.0 Å². The van der Waals surface area contributed by atoms with Gasteiger partial charge in [0.1, 0.15) is 25.1 Å². The number of benzene rings is 1. The Kier molecular flexibility index (Phi) is 6.22. The van der Waals surface area contributed by atoms with E-state index in [9.17, 15) is 0 Å². The molecule has 4 heterocycles. The molecule has 0 atom stereocenters. The molecule has 33 heavy (non-hydrogen) atoms. The van der Waals surface area contributed by atoms with Crippen molar-refractivity contribution >= 4 is 22.9 Å². The molecule has 0 fully saturated rings. The normalized spacial score (nSPS) is 13.2. The first-order valence-corrected chi connectivity index (χ1v) is 12.2. The lowest BCUT2D eigenvalue weighted by atomic mass is 10.1. The summed E-state index contributed by atoms with van der Waals surface area (Å²) in [6.07, 6.45) is 6.85. The summed E-state index contributed by atoms with van der Waals surface area (Å²) >= 11 is 1.61. The number of aromatic amines is 1. The highest BCUT2D eigenvalue weighted by Gasteiger charge is 2.21. The quantitative estimate of drug-likeness (QED) is 0.355. The van der Waals surface area contributed by atoms with Crippen LogP contribution in [0.25, 0.3) is 22.4 Å². The number of rotatable bonds is 8. The van der Waals surface area contributed by atoms with Crippen LogP contribution in [0.15, 0.2) is 40.8 Å². The van der Waals surface area contributed by atoms with Gasteiger partial charge in [-0.25, -0.2) is 15.0 Å². The molecular weight excluding hydrogens is 436 g/mol. The lowest BCUT2D eigenvalue weighted by Gasteiger charge is -2.20. The molecule has 4 aromatic rings. The van der Waals surface area contributed by atoms with E-state index in [1.165, 1.54) is 12.8 Å². The minimum Gasteiger partial charge on any atom is -0.486 e. The van der Waals surface area contributed by atoms with Crippen molar-refractivity contribution in [2.75, 3.05) is 13.2 Å². The number of aryl methyl sites for hydroxylation is 2. The third-order valence-electron chi connectivity index (χ3n) is 5.73. The fourth-order valence-corrected chi connectivity index (χ4v) is 5.07. The summed E-state index contributed by atoms with van der Waals surface area (Å²) in [5.41, 5.74) is 4.55. The zero-order valence-electron chi connectivity index (χ0n) is 19.2. The van der Waals surface area contributed by atoms with E-state index >= 15 is 0 Å². The van der Waals surface area contributed by atoms with Crippen molar-refractivity contribution in [3.05, 3.63) is 36.4 Å². The van der Waals surface area contributed by atoms with Crippen LogP contribution >= 0.6 is 11.8 Å². The van der Waals surface area contributed by atoms with E-state index in [-0.39, 0.29) is 0 Å². The molecule has 1 aliphatic rings. The first kappa shape index (κ1) is 21.8. The average molecular weight is 465 g/mol. The zero-order valence-corrected chi connectivity index (χ0v) is 20.0. The van der Waals surface area contributed by atoms with Crippen LogP contribution in [0.1, 0.15) is 38.8 Å². The number of H-pyrrole nitrogens is 1. The van der Waals surface area contributed by atoms with Crippen molar-refractivity contribution in [1.29, 1.82) is 0 Å². The van der Waals surface area contributed by atoms with Gasteiger partial charge >= 0.3 is 0 Å². The molecule has 5 rings (SSSR count).